The molecule has 0 unspecified atom stereocenters. The predicted octanol–water partition coefficient (Wildman–Crippen LogP) is 1.05. The Hall–Kier alpha value is -4.00. The topological polar surface area (TPSA) is 150 Å². The minimum Gasteiger partial charge on any atom is -0.480 e. The molecule has 13 heteroatoms. The van der Waals surface area contributed by atoms with Crippen molar-refractivity contribution < 1.29 is 27.5 Å². The van der Waals surface area contributed by atoms with E-state index in [1.165, 1.54) is 30.6 Å². The molecular formula is C23H25FN6O5S. The van der Waals surface area contributed by atoms with Crippen molar-refractivity contribution in [3.05, 3.63) is 54.1 Å². The molecule has 11 nitrogen and oxygen atoms in total. The largest absolute Gasteiger partial charge is 0.480 e. The number of nitrogen functional groups attached to an aromatic ring is 1. The maximum Gasteiger partial charge on any atom is 0.326 e. The Bertz CT molecular complexity index is 1390. The van der Waals surface area contributed by atoms with E-state index in [1.54, 1.807) is 31.1 Å². The molecule has 2 atom stereocenters. The predicted molar refractivity (Wildman–Crippen MR) is 133 cm³/mol. The van der Waals surface area contributed by atoms with Gasteiger partial charge < -0.3 is 20.6 Å². The first kappa shape index (κ1) is 25.1. The lowest BCUT2D eigenvalue weighted by Gasteiger charge is -2.27. The molecule has 1 aliphatic rings. The number of nitrogens with two attached hydrogens (primary N) is 1. The number of fused-ring (bicyclic) bond motifs is 1. The fourth-order valence-electron chi connectivity index (χ4n) is 4.35. The Morgan fingerprint density at radius 1 is 1.28 bits per heavy atom. The molecule has 3 aromatic rings. The molecule has 1 fully saturated rings. The van der Waals surface area contributed by atoms with Crippen LogP contribution in [0, 0.1) is 5.82 Å². The minimum atomic E-state index is -3.23. The summed E-state index contributed by atoms with van der Waals surface area (Å²) in [7, 11) is 0.335. The van der Waals surface area contributed by atoms with Crippen molar-refractivity contribution in [2.45, 2.75) is 24.9 Å². The molecule has 0 bridgehead atoms. The fraction of sp³-hybridized carbons (Fsp3) is 0.304. The van der Waals surface area contributed by atoms with Gasteiger partial charge in [-0.3, -0.25) is 9.10 Å². The monoisotopic (exact) mass is 516 g/mol. The lowest BCUT2D eigenvalue weighted by Crippen LogP contribution is -2.48. The van der Waals surface area contributed by atoms with Crippen molar-refractivity contribution in [3.63, 3.8) is 0 Å². The number of anilines is 3. The van der Waals surface area contributed by atoms with E-state index < -0.39 is 40.7 Å². The lowest BCUT2D eigenvalue weighted by molar-refractivity contribution is -0.148. The SMILES string of the molecule is CN(C)c1ccc(N([C@H]2CCN([C@H](Cc3cc4ccnc(N)c4cc3F)C(=O)O)C2=O)[SH](=O)=O)cn1. The van der Waals surface area contributed by atoms with Crippen LogP contribution in [0.4, 0.5) is 21.7 Å². The Morgan fingerprint density at radius 2 is 2.03 bits per heavy atom. The third-order valence-corrected chi connectivity index (χ3v) is 7.04. The Balaban J connectivity index is 1.61. The summed E-state index contributed by atoms with van der Waals surface area (Å²) in [4.78, 5) is 36.4. The molecule has 0 saturated carbocycles. The van der Waals surface area contributed by atoms with Crippen molar-refractivity contribution in [2.75, 3.05) is 35.6 Å². The number of carbonyl (C=O) groups is 2. The number of halogens is 1. The minimum absolute atomic E-state index is 0.00455. The molecule has 3 N–H and O–H groups in total. The number of rotatable bonds is 8. The quantitative estimate of drug-likeness (QED) is 0.373. The van der Waals surface area contributed by atoms with Crippen molar-refractivity contribution >= 4 is 50.9 Å². The maximum absolute atomic E-state index is 14.9. The summed E-state index contributed by atoms with van der Waals surface area (Å²) in [6, 6.07) is 4.91. The normalized spacial score (nSPS) is 16.5. The summed E-state index contributed by atoms with van der Waals surface area (Å²) < 4.78 is 40.0. The number of hydrogen-bond acceptors (Lipinski definition) is 8. The molecule has 0 radical (unpaired) electrons. The molecule has 190 valence electrons. The third-order valence-electron chi connectivity index (χ3n) is 6.17. The highest BCUT2D eigenvalue weighted by Crippen LogP contribution is 2.29. The van der Waals surface area contributed by atoms with Crippen molar-refractivity contribution in [2.24, 2.45) is 0 Å². The van der Waals surface area contributed by atoms with E-state index in [0.29, 0.717) is 16.6 Å². The number of carboxylic acids is 1. The van der Waals surface area contributed by atoms with Gasteiger partial charge >= 0.3 is 5.97 Å². The number of benzene rings is 1. The maximum atomic E-state index is 14.9. The second-order valence-electron chi connectivity index (χ2n) is 8.61. The van der Waals surface area contributed by atoms with Crippen LogP contribution in [0.5, 0.6) is 0 Å². The molecule has 1 amide bonds. The number of likely N-dealkylation sites (tertiary alicyclic amines) is 1. The number of amides is 1. The van der Waals surface area contributed by atoms with Crippen LogP contribution >= 0.6 is 0 Å². The van der Waals surface area contributed by atoms with Gasteiger partial charge in [-0.05, 0) is 47.7 Å². The Labute approximate surface area is 208 Å². The summed E-state index contributed by atoms with van der Waals surface area (Å²) in [5.74, 6) is -1.93. The van der Waals surface area contributed by atoms with Gasteiger partial charge in [-0.2, -0.15) is 0 Å². The van der Waals surface area contributed by atoms with E-state index in [0.717, 1.165) is 9.21 Å². The summed E-state index contributed by atoms with van der Waals surface area (Å²) >= 11 is 0. The number of pyridine rings is 2. The van der Waals surface area contributed by atoms with E-state index in [9.17, 15) is 27.5 Å². The molecule has 4 rings (SSSR count). The summed E-state index contributed by atoms with van der Waals surface area (Å²) in [6.07, 6.45) is 2.57. The van der Waals surface area contributed by atoms with Gasteiger partial charge in [-0.1, -0.05) is 0 Å². The van der Waals surface area contributed by atoms with Crippen LogP contribution in [0.15, 0.2) is 42.7 Å². The molecule has 2 aromatic heterocycles. The second kappa shape index (κ2) is 9.93. The van der Waals surface area contributed by atoms with Crippen LogP contribution in [0.1, 0.15) is 12.0 Å². The highest BCUT2D eigenvalue weighted by Gasteiger charge is 2.43. The first-order valence-electron chi connectivity index (χ1n) is 11.0. The van der Waals surface area contributed by atoms with Crippen LogP contribution in [0.25, 0.3) is 10.8 Å². The zero-order chi connectivity index (χ0) is 26.1. The number of thiol groups is 1. The number of carbonyl (C=O) groups excluding carboxylic acids is 1. The van der Waals surface area contributed by atoms with Gasteiger partial charge in [0.25, 0.3) is 0 Å². The van der Waals surface area contributed by atoms with Crippen molar-refractivity contribution in [1.82, 2.24) is 14.9 Å². The fourth-order valence-corrected chi connectivity index (χ4v) is 5.10. The Kier molecular flexibility index (Phi) is 6.93. The highest BCUT2D eigenvalue weighted by atomic mass is 32.2. The zero-order valence-electron chi connectivity index (χ0n) is 19.5. The third kappa shape index (κ3) is 4.73. The van der Waals surface area contributed by atoms with Gasteiger partial charge in [-0.25, -0.2) is 27.6 Å². The molecular weight excluding hydrogens is 491 g/mol. The number of carboxylic acid groups (broad SMARTS) is 1. The van der Waals surface area contributed by atoms with E-state index in [2.05, 4.69) is 9.97 Å². The molecule has 0 spiro atoms. The van der Waals surface area contributed by atoms with E-state index in [-0.39, 0.29) is 36.5 Å². The van der Waals surface area contributed by atoms with E-state index in [1.807, 2.05) is 0 Å². The van der Waals surface area contributed by atoms with Crippen molar-refractivity contribution in [1.29, 1.82) is 0 Å². The second-order valence-corrected chi connectivity index (χ2v) is 9.51. The molecule has 36 heavy (non-hydrogen) atoms. The Morgan fingerprint density at radius 3 is 2.64 bits per heavy atom. The van der Waals surface area contributed by atoms with Gasteiger partial charge in [0.2, 0.25) is 16.8 Å². The summed E-state index contributed by atoms with van der Waals surface area (Å²) in [6.45, 7) is -0.00455. The molecule has 1 aromatic carbocycles. The van der Waals surface area contributed by atoms with Gasteiger partial charge in [-0.15, -0.1) is 0 Å². The van der Waals surface area contributed by atoms with Crippen LogP contribution in [-0.2, 0) is 26.9 Å². The molecule has 0 aliphatic carbocycles. The molecule has 1 aliphatic heterocycles. The first-order valence-corrected chi connectivity index (χ1v) is 12.1. The zero-order valence-corrected chi connectivity index (χ0v) is 20.4. The average molecular weight is 517 g/mol. The number of hydrogen-bond donors (Lipinski definition) is 3. The van der Waals surface area contributed by atoms with Crippen LogP contribution in [-0.4, -0.2) is 73.0 Å². The smallest absolute Gasteiger partial charge is 0.326 e. The molecule has 3 heterocycles. The van der Waals surface area contributed by atoms with Crippen LogP contribution in [0.3, 0.4) is 0 Å². The summed E-state index contributed by atoms with van der Waals surface area (Å²) in [5.41, 5.74) is 6.08. The molecule has 1 saturated heterocycles. The standard InChI is InChI=1S/C23H25FN6O5S/c1-28(2)20-4-3-15(12-27-20)30(36(34)35)18-6-8-29(22(18)31)19(23(32)33)10-14-9-13-5-7-26-21(25)16(13)11-17(14)24/h3-5,7,9,11-12,18-19,36H,6,8,10H2,1-2H3,(H2,25,26)(H,32,33)/t18-,19+/m0/s1. The van der Waals surface area contributed by atoms with Gasteiger partial charge in [0, 0.05) is 38.6 Å². The van der Waals surface area contributed by atoms with Crippen LogP contribution in [0.2, 0.25) is 0 Å². The van der Waals surface area contributed by atoms with Crippen LogP contribution < -0.4 is 14.9 Å². The highest BCUT2D eigenvalue weighted by molar-refractivity contribution is 7.74. The van der Waals surface area contributed by atoms with Gasteiger partial charge in [0.1, 0.15) is 29.5 Å². The summed E-state index contributed by atoms with van der Waals surface area (Å²) in [5, 5.41) is 10.9. The van der Waals surface area contributed by atoms with E-state index in [4.69, 9.17) is 5.73 Å². The van der Waals surface area contributed by atoms with Gasteiger partial charge in [0.15, 0.2) is 0 Å². The first-order chi connectivity index (χ1) is 17.1. The van der Waals surface area contributed by atoms with Crippen molar-refractivity contribution in [3.8, 4) is 0 Å². The number of aliphatic carboxylic acids is 1. The van der Waals surface area contributed by atoms with E-state index >= 15 is 0 Å². The number of aromatic nitrogens is 2. The average Bonchev–Trinajstić information content (AvgIpc) is 3.19. The van der Waals surface area contributed by atoms with Gasteiger partial charge in [0.05, 0.1) is 11.9 Å². The number of nitrogens with zero attached hydrogens (tertiary/aromatic N) is 5. The lowest BCUT2D eigenvalue weighted by atomic mass is 10.0.